The molecule has 0 aromatic rings. The lowest BCUT2D eigenvalue weighted by Crippen LogP contribution is -2.70. The topological polar surface area (TPSA) is 9.23 Å². The fourth-order valence-corrected chi connectivity index (χ4v) is 4.40. The molecule has 1 atom stereocenters. The van der Waals surface area contributed by atoms with Gasteiger partial charge in [-0.15, -0.1) is 0 Å². The fourth-order valence-electron chi connectivity index (χ4n) is 2.32. The number of halogens is 14. The van der Waals surface area contributed by atoms with Crippen molar-refractivity contribution in [2.45, 2.75) is 104 Å². The normalized spacial score (nSPS) is 16.7. The zero-order valence-corrected chi connectivity index (χ0v) is 22.0. The highest BCUT2D eigenvalue weighted by atomic mass is 127. The summed E-state index contributed by atoms with van der Waals surface area (Å²) in [4.78, 5) is 0. The first-order valence-electron chi connectivity index (χ1n) is 9.84. The quantitative estimate of drug-likeness (QED) is 0.0668. The second-order valence-electron chi connectivity index (χ2n) is 9.41. The van der Waals surface area contributed by atoms with Crippen LogP contribution in [0.1, 0.15) is 46.5 Å². The Balaban J connectivity index is 5.31. The van der Waals surface area contributed by atoms with E-state index in [0.717, 1.165) is 22.6 Å². The number of alkyl halides is 14. The molecule has 0 aromatic carbocycles. The van der Waals surface area contributed by atoms with Gasteiger partial charge in [-0.05, 0) is 31.0 Å². The third-order valence-electron chi connectivity index (χ3n) is 5.66. The van der Waals surface area contributed by atoms with Gasteiger partial charge in [-0.1, -0.05) is 49.8 Å². The Morgan fingerprint density at radius 2 is 1.09 bits per heavy atom. The Labute approximate surface area is 203 Å². The second-order valence-corrected chi connectivity index (χ2v) is 16.0. The maximum absolute atomic E-state index is 13.9. The SMILES string of the molecule is CC(C)(C)[Si](C)(C)OCCCCC(I)CC(F)(F)C(F)(F)C(F)(F)C(F)(F)C(F)(F)C(F)(F)F. The van der Waals surface area contributed by atoms with Gasteiger partial charge in [0.1, 0.15) is 0 Å². The molecule has 0 saturated heterocycles. The van der Waals surface area contributed by atoms with Gasteiger partial charge in [-0.3, -0.25) is 0 Å². The minimum absolute atomic E-state index is 0.0859. The molecule has 206 valence electrons. The monoisotopic (exact) mass is 660 g/mol. The van der Waals surface area contributed by atoms with Gasteiger partial charge in [0.15, 0.2) is 8.32 Å². The highest BCUT2D eigenvalue weighted by Crippen LogP contribution is 2.61. The number of hydrogen-bond donors (Lipinski definition) is 0. The van der Waals surface area contributed by atoms with E-state index in [0.29, 0.717) is 0 Å². The van der Waals surface area contributed by atoms with E-state index in [4.69, 9.17) is 4.43 Å². The average molecular weight is 660 g/mol. The van der Waals surface area contributed by atoms with Crippen molar-refractivity contribution in [1.29, 1.82) is 0 Å². The predicted molar refractivity (Wildman–Crippen MR) is 110 cm³/mol. The van der Waals surface area contributed by atoms with Crippen molar-refractivity contribution in [1.82, 2.24) is 0 Å². The van der Waals surface area contributed by atoms with Gasteiger partial charge in [-0.2, -0.15) is 57.1 Å². The first kappa shape index (κ1) is 34.0. The Hall–Kier alpha value is -0.00312. The average Bonchev–Trinajstić information content (AvgIpc) is 2.58. The highest BCUT2D eigenvalue weighted by Gasteiger charge is 2.90. The minimum Gasteiger partial charge on any atom is -0.417 e. The molecule has 34 heavy (non-hydrogen) atoms. The third kappa shape index (κ3) is 6.65. The molecular weight excluding hydrogens is 634 g/mol. The summed E-state index contributed by atoms with van der Waals surface area (Å²) in [6.45, 7) is 9.89. The Morgan fingerprint density at radius 3 is 1.47 bits per heavy atom. The number of hydrogen-bond acceptors (Lipinski definition) is 1. The van der Waals surface area contributed by atoms with Crippen LogP contribution in [0.2, 0.25) is 18.1 Å². The van der Waals surface area contributed by atoms with Gasteiger partial charge in [0.2, 0.25) is 0 Å². The van der Waals surface area contributed by atoms with E-state index in [1.165, 1.54) is 0 Å². The Kier molecular flexibility index (Phi) is 10.4. The molecule has 0 radical (unpaired) electrons. The molecule has 1 nitrogen and oxygen atoms in total. The van der Waals surface area contributed by atoms with Crippen molar-refractivity contribution in [2.75, 3.05) is 6.61 Å². The summed E-state index contributed by atoms with van der Waals surface area (Å²) in [6.07, 6.45) is -9.49. The van der Waals surface area contributed by atoms with Crippen molar-refractivity contribution in [3.8, 4) is 0 Å². The largest absolute Gasteiger partial charge is 0.460 e. The molecular formula is C18H26F13IOSi. The summed E-state index contributed by atoms with van der Waals surface area (Å²) in [5.74, 6) is -36.5. The fraction of sp³-hybridized carbons (Fsp3) is 1.00. The Bertz CT molecular complexity index is 672. The van der Waals surface area contributed by atoms with E-state index < -0.39 is 54.5 Å². The molecule has 0 N–H and O–H groups in total. The van der Waals surface area contributed by atoms with Crippen LogP contribution >= 0.6 is 22.6 Å². The van der Waals surface area contributed by atoms with Gasteiger partial charge < -0.3 is 4.43 Å². The van der Waals surface area contributed by atoms with Crippen LogP contribution in [-0.2, 0) is 4.43 Å². The van der Waals surface area contributed by atoms with Gasteiger partial charge in [0.05, 0.1) is 0 Å². The molecule has 0 aliphatic heterocycles. The van der Waals surface area contributed by atoms with Crippen LogP contribution in [0, 0.1) is 0 Å². The Morgan fingerprint density at radius 1 is 0.676 bits per heavy atom. The summed E-state index contributed by atoms with van der Waals surface area (Å²) >= 11 is 1.16. The van der Waals surface area contributed by atoms with E-state index in [9.17, 15) is 57.1 Å². The summed E-state index contributed by atoms with van der Waals surface area (Å²) in [6, 6.07) is 0. The predicted octanol–water partition coefficient (Wildman–Crippen LogP) is 9.11. The first-order chi connectivity index (χ1) is 14.6. The van der Waals surface area contributed by atoms with Crippen molar-refractivity contribution in [3.63, 3.8) is 0 Å². The van der Waals surface area contributed by atoms with E-state index >= 15 is 0 Å². The molecule has 0 fully saturated rings. The van der Waals surface area contributed by atoms with Gasteiger partial charge in [0.25, 0.3) is 0 Å². The van der Waals surface area contributed by atoms with Crippen LogP contribution in [-0.4, -0.2) is 54.6 Å². The smallest absolute Gasteiger partial charge is 0.417 e. The van der Waals surface area contributed by atoms with Gasteiger partial charge in [0, 0.05) is 17.0 Å². The maximum atomic E-state index is 13.9. The lowest BCUT2D eigenvalue weighted by molar-refractivity contribution is -0.440. The molecule has 0 amide bonds. The summed E-state index contributed by atoms with van der Waals surface area (Å²) in [7, 11) is -2.13. The number of rotatable bonds is 12. The molecule has 0 aliphatic carbocycles. The van der Waals surface area contributed by atoms with Crippen LogP contribution < -0.4 is 0 Å². The highest BCUT2D eigenvalue weighted by molar-refractivity contribution is 14.1. The summed E-state index contributed by atoms with van der Waals surface area (Å²) in [5.41, 5.74) is 0. The maximum Gasteiger partial charge on any atom is 0.460 e. The van der Waals surface area contributed by atoms with Crippen LogP contribution in [0.15, 0.2) is 0 Å². The van der Waals surface area contributed by atoms with E-state index in [1.54, 1.807) is 0 Å². The number of unbranched alkanes of at least 4 members (excludes halogenated alkanes) is 1. The molecule has 0 bridgehead atoms. The van der Waals surface area contributed by atoms with Crippen molar-refractivity contribution < 1.29 is 61.5 Å². The van der Waals surface area contributed by atoms with Gasteiger partial charge in [-0.25, -0.2) is 0 Å². The lowest BCUT2D eigenvalue weighted by Gasteiger charge is -2.40. The molecule has 16 heteroatoms. The molecule has 1 unspecified atom stereocenters. The van der Waals surface area contributed by atoms with Crippen molar-refractivity contribution >= 4 is 30.9 Å². The van der Waals surface area contributed by atoms with Crippen LogP contribution in [0.3, 0.4) is 0 Å². The third-order valence-corrected chi connectivity index (χ3v) is 11.3. The zero-order valence-electron chi connectivity index (χ0n) is 18.8. The molecule has 0 spiro atoms. The van der Waals surface area contributed by atoms with Crippen molar-refractivity contribution in [2.24, 2.45) is 0 Å². The van der Waals surface area contributed by atoms with Crippen LogP contribution in [0.5, 0.6) is 0 Å². The first-order valence-corrected chi connectivity index (χ1v) is 14.0. The standard InChI is InChI=1S/C18H26F13IOSi/c1-12(2,3)34(4,5)33-9-7-6-8-11(32)10-13(19,20)14(21,22)15(23,24)16(25,26)17(27,28)18(29,30)31/h11H,6-10H2,1-5H3. The van der Waals surface area contributed by atoms with E-state index in [-0.39, 0.29) is 30.9 Å². The minimum atomic E-state index is -7.85. The second kappa shape index (κ2) is 10.4. The van der Waals surface area contributed by atoms with E-state index in [1.807, 2.05) is 33.9 Å². The van der Waals surface area contributed by atoms with E-state index in [2.05, 4.69) is 0 Å². The lowest BCUT2D eigenvalue weighted by atomic mass is 9.91. The van der Waals surface area contributed by atoms with Gasteiger partial charge >= 0.3 is 35.8 Å². The van der Waals surface area contributed by atoms with Crippen molar-refractivity contribution in [3.05, 3.63) is 0 Å². The van der Waals surface area contributed by atoms with Crippen LogP contribution in [0.4, 0.5) is 57.1 Å². The van der Waals surface area contributed by atoms with Crippen LogP contribution in [0.25, 0.3) is 0 Å². The summed E-state index contributed by atoms with van der Waals surface area (Å²) < 4.78 is 175. The molecule has 0 aromatic heterocycles. The molecule has 0 saturated carbocycles. The summed E-state index contributed by atoms with van der Waals surface area (Å²) in [5, 5.41) is -0.136. The zero-order chi connectivity index (χ0) is 27.8. The molecule has 0 heterocycles. The molecule has 0 aliphatic rings. The molecule has 0 rings (SSSR count).